The summed E-state index contributed by atoms with van der Waals surface area (Å²) in [6, 6.07) is 0.577. The number of rotatable bonds is 1. The molecule has 1 unspecified atom stereocenters. The fourth-order valence-electron chi connectivity index (χ4n) is 2.88. The second-order valence-corrected chi connectivity index (χ2v) is 5.16. The Labute approximate surface area is 106 Å². The molecule has 1 spiro atoms. The molecule has 1 N–H and O–H groups in total. The fourth-order valence-corrected chi connectivity index (χ4v) is 2.88. The van der Waals surface area contributed by atoms with E-state index in [-0.39, 0.29) is 11.7 Å². The van der Waals surface area contributed by atoms with Crippen molar-refractivity contribution in [1.29, 1.82) is 0 Å². The van der Waals surface area contributed by atoms with Gasteiger partial charge in [-0.1, -0.05) is 5.10 Å². The molecule has 1 aromatic heterocycles. The largest absolute Gasteiger partial charge is 0.408 e. The average Bonchev–Trinajstić information content (AvgIpc) is 2.81. The highest BCUT2D eigenvalue weighted by atomic mass is 16.5. The molecule has 0 radical (unpaired) electrons. The predicted molar refractivity (Wildman–Crippen MR) is 64.4 cm³/mol. The summed E-state index contributed by atoms with van der Waals surface area (Å²) in [5.74, 6) is 0.583. The highest BCUT2D eigenvalue weighted by molar-refractivity contribution is 5.26. The molecule has 2 saturated heterocycles. The molecule has 6 nitrogen and oxygen atoms in total. The van der Waals surface area contributed by atoms with E-state index >= 15 is 0 Å². The van der Waals surface area contributed by atoms with E-state index in [2.05, 4.69) is 15.1 Å². The summed E-state index contributed by atoms with van der Waals surface area (Å²) in [6.07, 6.45) is 3.10. The molecule has 0 aliphatic carbocycles. The average molecular weight is 253 g/mol. The third-order valence-corrected chi connectivity index (χ3v) is 4.01. The van der Waals surface area contributed by atoms with Crippen molar-refractivity contribution in [2.24, 2.45) is 0 Å². The van der Waals surface area contributed by atoms with Gasteiger partial charge >= 0.3 is 6.01 Å². The van der Waals surface area contributed by atoms with Crippen LogP contribution in [0.3, 0.4) is 0 Å². The fraction of sp³-hybridized carbons (Fsp3) is 0.833. The Morgan fingerprint density at radius 1 is 1.33 bits per heavy atom. The SMILES string of the molecule is Cc1nnc(N2CCC3(CC2)OCCCC3O)o1. The lowest BCUT2D eigenvalue weighted by atomic mass is 9.82. The van der Waals surface area contributed by atoms with Gasteiger partial charge in [-0.05, 0) is 25.7 Å². The minimum Gasteiger partial charge on any atom is -0.408 e. The Morgan fingerprint density at radius 3 is 2.72 bits per heavy atom. The van der Waals surface area contributed by atoms with Gasteiger partial charge in [-0.3, -0.25) is 0 Å². The van der Waals surface area contributed by atoms with Crippen molar-refractivity contribution in [1.82, 2.24) is 10.2 Å². The molecule has 100 valence electrons. The van der Waals surface area contributed by atoms with E-state index in [4.69, 9.17) is 9.15 Å². The van der Waals surface area contributed by atoms with Gasteiger partial charge < -0.3 is 19.2 Å². The van der Waals surface area contributed by atoms with Crippen LogP contribution in [0.4, 0.5) is 6.01 Å². The van der Waals surface area contributed by atoms with Gasteiger partial charge in [0.05, 0.1) is 11.7 Å². The summed E-state index contributed by atoms with van der Waals surface area (Å²) in [7, 11) is 0. The summed E-state index contributed by atoms with van der Waals surface area (Å²) in [5, 5.41) is 18.0. The molecule has 2 aliphatic heterocycles. The van der Waals surface area contributed by atoms with Crippen molar-refractivity contribution in [3.63, 3.8) is 0 Å². The van der Waals surface area contributed by atoms with Crippen LogP contribution in [0.1, 0.15) is 31.6 Å². The van der Waals surface area contributed by atoms with E-state index in [9.17, 15) is 5.11 Å². The standard InChI is InChI=1S/C12H19N3O3/c1-9-13-14-11(18-9)15-6-4-12(5-7-15)10(16)3-2-8-17-12/h10,16H,2-8H2,1H3. The lowest BCUT2D eigenvalue weighted by molar-refractivity contribution is -0.164. The van der Waals surface area contributed by atoms with Crippen LogP contribution in [0.15, 0.2) is 4.42 Å². The van der Waals surface area contributed by atoms with Crippen LogP contribution in [-0.4, -0.2) is 46.7 Å². The zero-order valence-electron chi connectivity index (χ0n) is 10.6. The summed E-state index contributed by atoms with van der Waals surface area (Å²) < 4.78 is 11.3. The normalized spacial score (nSPS) is 27.7. The molecule has 0 aromatic carbocycles. The minimum atomic E-state index is -0.343. The van der Waals surface area contributed by atoms with Crippen molar-refractivity contribution < 1.29 is 14.3 Å². The Bertz CT molecular complexity index is 412. The Morgan fingerprint density at radius 2 is 2.11 bits per heavy atom. The molecule has 0 saturated carbocycles. The molecule has 1 aromatic rings. The van der Waals surface area contributed by atoms with Crippen LogP contribution in [0.2, 0.25) is 0 Å². The zero-order chi connectivity index (χ0) is 12.6. The van der Waals surface area contributed by atoms with Crippen molar-refractivity contribution in [3.05, 3.63) is 5.89 Å². The maximum absolute atomic E-state index is 10.2. The molecule has 3 heterocycles. The molecule has 3 rings (SSSR count). The maximum atomic E-state index is 10.2. The third-order valence-electron chi connectivity index (χ3n) is 4.01. The smallest absolute Gasteiger partial charge is 0.318 e. The lowest BCUT2D eigenvalue weighted by Gasteiger charge is -2.46. The van der Waals surface area contributed by atoms with Gasteiger partial charge in [0.15, 0.2) is 0 Å². The highest BCUT2D eigenvalue weighted by Crippen LogP contribution is 2.36. The Hall–Kier alpha value is -1.14. The summed E-state index contributed by atoms with van der Waals surface area (Å²) in [4.78, 5) is 2.07. The summed E-state index contributed by atoms with van der Waals surface area (Å²) in [5.41, 5.74) is -0.343. The Kier molecular flexibility index (Phi) is 2.99. The van der Waals surface area contributed by atoms with Gasteiger partial charge in [0, 0.05) is 26.6 Å². The summed E-state index contributed by atoms with van der Waals surface area (Å²) in [6.45, 7) is 4.13. The lowest BCUT2D eigenvalue weighted by Crippen LogP contribution is -2.55. The van der Waals surface area contributed by atoms with E-state index in [1.165, 1.54) is 0 Å². The van der Waals surface area contributed by atoms with Gasteiger partial charge in [0.25, 0.3) is 0 Å². The first kappa shape index (κ1) is 11.9. The van der Waals surface area contributed by atoms with Crippen LogP contribution >= 0.6 is 0 Å². The number of aromatic nitrogens is 2. The first-order valence-corrected chi connectivity index (χ1v) is 6.57. The van der Waals surface area contributed by atoms with E-state index in [0.29, 0.717) is 11.9 Å². The molecule has 18 heavy (non-hydrogen) atoms. The molecular weight excluding hydrogens is 234 g/mol. The number of piperidine rings is 1. The Balaban J connectivity index is 1.67. The van der Waals surface area contributed by atoms with Crippen LogP contribution in [0.25, 0.3) is 0 Å². The first-order valence-electron chi connectivity index (χ1n) is 6.57. The number of hydrogen-bond donors (Lipinski definition) is 1. The quantitative estimate of drug-likeness (QED) is 0.801. The van der Waals surface area contributed by atoms with Crippen molar-refractivity contribution in [2.45, 2.75) is 44.3 Å². The molecule has 0 bridgehead atoms. The van der Waals surface area contributed by atoms with Gasteiger partial charge in [-0.15, -0.1) is 5.10 Å². The van der Waals surface area contributed by atoms with Gasteiger partial charge in [0.1, 0.15) is 0 Å². The topological polar surface area (TPSA) is 71.6 Å². The molecule has 1 atom stereocenters. The number of anilines is 1. The van der Waals surface area contributed by atoms with E-state index < -0.39 is 0 Å². The predicted octanol–water partition coefficient (Wildman–Crippen LogP) is 0.888. The molecule has 6 heteroatoms. The molecular formula is C12H19N3O3. The zero-order valence-corrected chi connectivity index (χ0v) is 10.6. The van der Waals surface area contributed by atoms with Crippen LogP contribution in [-0.2, 0) is 4.74 Å². The van der Waals surface area contributed by atoms with E-state index in [1.54, 1.807) is 6.92 Å². The second-order valence-electron chi connectivity index (χ2n) is 5.16. The molecule has 2 aliphatic rings. The number of nitrogens with zero attached hydrogens (tertiary/aromatic N) is 3. The van der Waals surface area contributed by atoms with Crippen LogP contribution in [0, 0.1) is 6.92 Å². The highest BCUT2D eigenvalue weighted by Gasteiger charge is 2.44. The number of aryl methyl sites for hydroxylation is 1. The number of aliphatic hydroxyl groups is 1. The van der Waals surface area contributed by atoms with Crippen molar-refractivity contribution in [3.8, 4) is 0 Å². The number of aliphatic hydroxyl groups excluding tert-OH is 1. The van der Waals surface area contributed by atoms with E-state index in [1.807, 2.05) is 0 Å². The van der Waals surface area contributed by atoms with Crippen LogP contribution in [0.5, 0.6) is 0 Å². The minimum absolute atomic E-state index is 0.335. The van der Waals surface area contributed by atoms with E-state index in [0.717, 1.165) is 45.4 Å². The van der Waals surface area contributed by atoms with Gasteiger partial charge in [-0.25, -0.2) is 0 Å². The van der Waals surface area contributed by atoms with Gasteiger partial charge in [0.2, 0.25) is 5.89 Å². The monoisotopic (exact) mass is 253 g/mol. The summed E-state index contributed by atoms with van der Waals surface area (Å²) >= 11 is 0. The van der Waals surface area contributed by atoms with Crippen molar-refractivity contribution >= 4 is 6.01 Å². The van der Waals surface area contributed by atoms with Crippen LogP contribution < -0.4 is 4.90 Å². The van der Waals surface area contributed by atoms with Crippen molar-refractivity contribution in [2.75, 3.05) is 24.6 Å². The molecule has 2 fully saturated rings. The number of hydrogen-bond acceptors (Lipinski definition) is 6. The van der Waals surface area contributed by atoms with Gasteiger partial charge in [-0.2, -0.15) is 0 Å². The first-order chi connectivity index (χ1) is 8.70. The maximum Gasteiger partial charge on any atom is 0.318 e. The third kappa shape index (κ3) is 1.99. The molecule has 0 amide bonds. The number of ether oxygens (including phenoxy) is 1. The second kappa shape index (κ2) is 4.51.